The van der Waals surface area contributed by atoms with Crippen LogP contribution in [0.25, 0.3) is 0 Å². The van der Waals surface area contributed by atoms with E-state index in [2.05, 4.69) is 10.5 Å². The summed E-state index contributed by atoms with van der Waals surface area (Å²) in [5, 5.41) is 15.1. The monoisotopic (exact) mass is 217 g/mol. The number of amidine groups is 1. The molecule has 82 valence electrons. The molecule has 14 heavy (non-hydrogen) atoms. The zero-order valence-corrected chi connectivity index (χ0v) is 9.39. The van der Waals surface area contributed by atoms with Crippen LogP contribution in [0.5, 0.6) is 0 Å². The number of hydrogen-bond donors (Lipinski definition) is 3. The maximum Gasteiger partial charge on any atom is 0.156 e. The minimum absolute atomic E-state index is 0.0173. The molecule has 0 spiro atoms. The summed E-state index contributed by atoms with van der Waals surface area (Å²) < 4.78 is 0. The van der Waals surface area contributed by atoms with Gasteiger partial charge < -0.3 is 16.3 Å². The van der Waals surface area contributed by atoms with Gasteiger partial charge in [0.25, 0.3) is 0 Å². The van der Waals surface area contributed by atoms with Crippen molar-refractivity contribution in [2.45, 2.75) is 38.3 Å². The van der Waals surface area contributed by atoms with Gasteiger partial charge in [0.05, 0.1) is 6.04 Å². The maximum absolute atomic E-state index is 8.58. The normalized spacial score (nSPS) is 26.1. The summed E-state index contributed by atoms with van der Waals surface area (Å²) >= 11 is 1.97. The quantitative estimate of drug-likeness (QED) is 0.284. The molecule has 2 unspecified atom stereocenters. The van der Waals surface area contributed by atoms with Crippen molar-refractivity contribution in [3.8, 4) is 0 Å². The lowest BCUT2D eigenvalue weighted by molar-refractivity contribution is 0.313. The first-order chi connectivity index (χ1) is 6.77. The minimum Gasteiger partial charge on any atom is -0.409 e. The van der Waals surface area contributed by atoms with E-state index in [1.807, 2.05) is 18.7 Å². The first kappa shape index (κ1) is 11.7. The van der Waals surface area contributed by atoms with E-state index in [-0.39, 0.29) is 6.04 Å². The number of thioether (sulfide) groups is 1. The lowest BCUT2D eigenvalue weighted by Crippen LogP contribution is -2.47. The Morgan fingerprint density at radius 2 is 2.57 bits per heavy atom. The molecule has 0 aromatic heterocycles. The molecule has 4 N–H and O–H groups in total. The van der Waals surface area contributed by atoms with E-state index < -0.39 is 0 Å². The maximum atomic E-state index is 8.58. The third-order valence-electron chi connectivity index (χ3n) is 2.48. The van der Waals surface area contributed by atoms with Gasteiger partial charge >= 0.3 is 0 Å². The number of nitrogens with two attached hydrogens (primary N) is 1. The fourth-order valence-corrected chi connectivity index (χ4v) is 2.72. The third-order valence-corrected chi connectivity index (χ3v) is 3.69. The Labute approximate surface area is 89.3 Å². The highest BCUT2D eigenvalue weighted by Crippen LogP contribution is 2.17. The molecule has 0 aliphatic carbocycles. The Morgan fingerprint density at radius 1 is 1.79 bits per heavy atom. The molecule has 4 nitrogen and oxygen atoms in total. The molecule has 0 amide bonds. The molecule has 2 atom stereocenters. The van der Waals surface area contributed by atoms with Crippen molar-refractivity contribution in [2.24, 2.45) is 10.9 Å². The summed E-state index contributed by atoms with van der Waals surface area (Å²) in [7, 11) is 0. The summed E-state index contributed by atoms with van der Waals surface area (Å²) in [6.45, 7) is 2.03. The number of rotatable bonds is 4. The summed E-state index contributed by atoms with van der Waals surface area (Å²) in [6.07, 6.45) is 3.31. The van der Waals surface area contributed by atoms with Crippen LogP contribution in [0.15, 0.2) is 5.16 Å². The van der Waals surface area contributed by atoms with Gasteiger partial charge in [0.1, 0.15) is 0 Å². The average Bonchev–Trinajstić information content (AvgIpc) is 2.26. The summed E-state index contributed by atoms with van der Waals surface area (Å²) in [4.78, 5) is 0. The SMILES string of the molecule is CCC(NC1CCCSC1)C(N)=NO. The van der Waals surface area contributed by atoms with Gasteiger partial charge in [-0.3, -0.25) is 0 Å². The highest BCUT2D eigenvalue weighted by Gasteiger charge is 2.19. The second kappa shape index (κ2) is 6.14. The van der Waals surface area contributed by atoms with Crippen molar-refractivity contribution in [3.05, 3.63) is 0 Å². The van der Waals surface area contributed by atoms with Crippen LogP contribution in [0.4, 0.5) is 0 Å². The van der Waals surface area contributed by atoms with Crippen LogP contribution >= 0.6 is 11.8 Å². The molecule has 0 aromatic rings. The Morgan fingerprint density at radius 3 is 3.07 bits per heavy atom. The van der Waals surface area contributed by atoms with Crippen molar-refractivity contribution in [3.63, 3.8) is 0 Å². The second-order valence-electron chi connectivity index (χ2n) is 3.57. The van der Waals surface area contributed by atoms with E-state index in [1.165, 1.54) is 18.6 Å². The summed E-state index contributed by atoms with van der Waals surface area (Å²) in [5.74, 6) is 2.69. The molecular weight excluding hydrogens is 198 g/mol. The zero-order valence-electron chi connectivity index (χ0n) is 8.57. The molecule has 1 saturated heterocycles. The fourth-order valence-electron chi connectivity index (χ4n) is 1.64. The molecule has 5 heteroatoms. The number of nitrogens with one attached hydrogen (secondary N) is 1. The van der Waals surface area contributed by atoms with Gasteiger partial charge in [0.15, 0.2) is 5.84 Å². The van der Waals surface area contributed by atoms with Gasteiger partial charge in [-0.05, 0) is 25.0 Å². The largest absolute Gasteiger partial charge is 0.409 e. The number of hydrogen-bond acceptors (Lipinski definition) is 4. The molecule has 1 heterocycles. The lowest BCUT2D eigenvalue weighted by atomic mass is 10.1. The van der Waals surface area contributed by atoms with Crippen LogP contribution in [0.2, 0.25) is 0 Å². The molecule has 1 aliphatic rings. The predicted octanol–water partition coefficient (Wildman–Crippen LogP) is 0.997. The van der Waals surface area contributed by atoms with Crippen LogP contribution in [0, 0.1) is 0 Å². The van der Waals surface area contributed by atoms with Crippen LogP contribution in [-0.2, 0) is 0 Å². The minimum atomic E-state index is 0.0173. The van der Waals surface area contributed by atoms with Crippen LogP contribution < -0.4 is 11.1 Å². The number of oxime groups is 1. The molecule has 0 bridgehead atoms. The van der Waals surface area contributed by atoms with Crippen LogP contribution in [-0.4, -0.2) is 34.6 Å². The molecule has 0 saturated carbocycles. The van der Waals surface area contributed by atoms with Crippen molar-refractivity contribution >= 4 is 17.6 Å². The highest BCUT2D eigenvalue weighted by molar-refractivity contribution is 7.99. The van der Waals surface area contributed by atoms with E-state index in [1.54, 1.807) is 0 Å². The average molecular weight is 217 g/mol. The fraction of sp³-hybridized carbons (Fsp3) is 0.889. The third kappa shape index (κ3) is 3.38. The van der Waals surface area contributed by atoms with Crippen LogP contribution in [0.3, 0.4) is 0 Å². The summed E-state index contributed by atoms with van der Waals surface area (Å²) in [6, 6.07) is 0.530. The predicted molar refractivity (Wildman–Crippen MR) is 61.0 cm³/mol. The second-order valence-corrected chi connectivity index (χ2v) is 4.72. The molecule has 1 aliphatic heterocycles. The van der Waals surface area contributed by atoms with E-state index in [4.69, 9.17) is 10.9 Å². The van der Waals surface area contributed by atoms with E-state index in [0.717, 1.165) is 12.2 Å². The zero-order chi connectivity index (χ0) is 10.4. The van der Waals surface area contributed by atoms with Gasteiger partial charge in [0.2, 0.25) is 0 Å². The first-order valence-corrected chi connectivity index (χ1v) is 6.24. The molecule has 1 fully saturated rings. The lowest BCUT2D eigenvalue weighted by Gasteiger charge is -2.26. The molecule has 1 rings (SSSR count). The van der Waals surface area contributed by atoms with E-state index in [9.17, 15) is 0 Å². The van der Waals surface area contributed by atoms with Gasteiger partial charge in [-0.25, -0.2) is 0 Å². The smallest absolute Gasteiger partial charge is 0.156 e. The van der Waals surface area contributed by atoms with Gasteiger partial charge in [-0.2, -0.15) is 11.8 Å². The topological polar surface area (TPSA) is 70.6 Å². The molecule has 0 aromatic carbocycles. The highest BCUT2D eigenvalue weighted by atomic mass is 32.2. The standard InChI is InChI=1S/C9H19N3OS/c1-2-8(9(10)12-13)11-7-4-3-5-14-6-7/h7-8,11,13H,2-6H2,1H3,(H2,10,12). The Balaban J connectivity index is 2.38. The number of nitrogens with zero attached hydrogens (tertiary/aromatic N) is 1. The Bertz CT molecular complexity index is 192. The van der Waals surface area contributed by atoms with Crippen molar-refractivity contribution in [2.75, 3.05) is 11.5 Å². The van der Waals surface area contributed by atoms with Gasteiger partial charge in [-0.1, -0.05) is 12.1 Å². The van der Waals surface area contributed by atoms with Gasteiger partial charge in [0, 0.05) is 11.8 Å². The molecule has 0 radical (unpaired) electrons. The summed E-state index contributed by atoms with van der Waals surface area (Å²) in [5.41, 5.74) is 5.58. The van der Waals surface area contributed by atoms with Crippen molar-refractivity contribution in [1.29, 1.82) is 0 Å². The van der Waals surface area contributed by atoms with Crippen molar-refractivity contribution in [1.82, 2.24) is 5.32 Å². The van der Waals surface area contributed by atoms with Crippen LogP contribution in [0.1, 0.15) is 26.2 Å². The van der Waals surface area contributed by atoms with E-state index >= 15 is 0 Å². The first-order valence-electron chi connectivity index (χ1n) is 5.09. The van der Waals surface area contributed by atoms with Gasteiger partial charge in [-0.15, -0.1) is 0 Å². The Hall–Kier alpha value is -0.420. The van der Waals surface area contributed by atoms with Crippen molar-refractivity contribution < 1.29 is 5.21 Å². The van der Waals surface area contributed by atoms with E-state index in [0.29, 0.717) is 11.9 Å². The molecular formula is C9H19N3OS. The Kier molecular flexibility index (Phi) is 5.11.